The highest BCUT2D eigenvalue weighted by Gasteiger charge is 2.44. The van der Waals surface area contributed by atoms with E-state index in [9.17, 15) is 30.6 Å². The third-order valence-corrected chi connectivity index (χ3v) is 5.11. The molecule has 0 bridgehead atoms. The zero-order chi connectivity index (χ0) is 20.7. The molecule has 1 saturated heterocycles. The van der Waals surface area contributed by atoms with E-state index in [1.165, 1.54) is 18.2 Å². The predicted molar refractivity (Wildman–Crippen MR) is 97.7 cm³/mol. The summed E-state index contributed by atoms with van der Waals surface area (Å²) >= 11 is 0. The van der Waals surface area contributed by atoms with Crippen LogP contribution in [0.2, 0.25) is 0 Å². The number of hydrogen-bond acceptors (Lipinski definition) is 9. The Morgan fingerprint density at radius 1 is 0.931 bits per heavy atom. The SMILES string of the molecule is OC[C@H]1O[C@@H](Oc2ccc3c(c2)O[C@H](c2cc(O)cc(O)c2)C3)[C@H](O)[C@@H](O)[C@@H]1O. The summed E-state index contributed by atoms with van der Waals surface area (Å²) in [4.78, 5) is 0. The van der Waals surface area contributed by atoms with E-state index in [-0.39, 0.29) is 11.5 Å². The maximum atomic E-state index is 10.1. The van der Waals surface area contributed by atoms with Crippen molar-refractivity contribution >= 4 is 0 Å². The number of fused-ring (bicyclic) bond motifs is 1. The molecule has 0 amide bonds. The average molecular weight is 406 g/mol. The van der Waals surface area contributed by atoms with Crippen LogP contribution in [0.15, 0.2) is 36.4 Å². The van der Waals surface area contributed by atoms with Crippen LogP contribution < -0.4 is 9.47 Å². The maximum absolute atomic E-state index is 10.1. The first-order valence-electron chi connectivity index (χ1n) is 9.15. The molecule has 2 aromatic carbocycles. The highest BCUT2D eigenvalue weighted by atomic mass is 16.7. The second kappa shape index (κ2) is 7.69. The molecule has 2 aliphatic rings. The van der Waals surface area contributed by atoms with Gasteiger partial charge in [-0.3, -0.25) is 0 Å². The molecule has 4 rings (SSSR count). The van der Waals surface area contributed by atoms with Gasteiger partial charge in [-0.25, -0.2) is 0 Å². The molecule has 6 N–H and O–H groups in total. The standard InChI is InChI=1S/C20H22O9/c21-8-16-17(24)18(25)19(26)20(29-16)27-13-2-1-9-5-14(28-15(9)7-13)10-3-11(22)6-12(23)4-10/h1-4,6-7,14,16-26H,5,8H2/t14-,16+,17+,18-,19+,20+/m0/s1. The van der Waals surface area contributed by atoms with E-state index in [1.54, 1.807) is 18.2 Å². The molecule has 9 nitrogen and oxygen atoms in total. The lowest BCUT2D eigenvalue weighted by Gasteiger charge is -2.39. The third kappa shape index (κ3) is 3.83. The quantitative estimate of drug-likeness (QED) is 0.411. The Morgan fingerprint density at radius 3 is 2.34 bits per heavy atom. The summed E-state index contributed by atoms with van der Waals surface area (Å²) in [5.41, 5.74) is 1.51. The number of aliphatic hydroxyl groups is 4. The van der Waals surface area contributed by atoms with Crippen molar-refractivity contribution in [2.75, 3.05) is 6.61 Å². The number of aliphatic hydroxyl groups excluding tert-OH is 4. The minimum absolute atomic E-state index is 0.0637. The Labute approximate surface area is 166 Å². The largest absolute Gasteiger partial charge is 0.508 e. The smallest absolute Gasteiger partial charge is 0.229 e. The van der Waals surface area contributed by atoms with Crippen LogP contribution in [0, 0.1) is 0 Å². The van der Waals surface area contributed by atoms with Gasteiger partial charge in [0.15, 0.2) is 0 Å². The van der Waals surface area contributed by atoms with E-state index in [0.29, 0.717) is 23.5 Å². The minimum atomic E-state index is -1.53. The summed E-state index contributed by atoms with van der Waals surface area (Å²) in [5, 5.41) is 58.4. The van der Waals surface area contributed by atoms with Gasteiger partial charge in [-0.15, -0.1) is 0 Å². The number of rotatable bonds is 4. The zero-order valence-electron chi connectivity index (χ0n) is 15.3. The first-order chi connectivity index (χ1) is 13.9. The molecule has 9 heteroatoms. The molecular weight excluding hydrogens is 384 g/mol. The maximum Gasteiger partial charge on any atom is 0.229 e. The summed E-state index contributed by atoms with van der Waals surface area (Å²) in [6.45, 7) is -0.545. The minimum Gasteiger partial charge on any atom is -0.508 e. The summed E-state index contributed by atoms with van der Waals surface area (Å²) in [6.07, 6.45) is -6.72. The molecule has 1 fully saturated rings. The first-order valence-corrected chi connectivity index (χ1v) is 9.15. The van der Waals surface area contributed by atoms with Crippen LogP contribution in [0.5, 0.6) is 23.0 Å². The molecule has 0 spiro atoms. The Balaban J connectivity index is 1.49. The Kier molecular flexibility index (Phi) is 5.24. The predicted octanol–water partition coefficient (Wildman–Crippen LogP) is -0.0473. The van der Waals surface area contributed by atoms with Crippen molar-refractivity contribution in [2.24, 2.45) is 0 Å². The van der Waals surface area contributed by atoms with Gasteiger partial charge in [-0.1, -0.05) is 6.07 Å². The van der Waals surface area contributed by atoms with Gasteiger partial charge in [0.25, 0.3) is 0 Å². The fourth-order valence-corrected chi connectivity index (χ4v) is 3.57. The van der Waals surface area contributed by atoms with Crippen molar-refractivity contribution in [1.82, 2.24) is 0 Å². The fourth-order valence-electron chi connectivity index (χ4n) is 3.57. The summed E-state index contributed by atoms with van der Waals surface area (Å²) in [6, 6.07) is 9.28. The monoisotopic (exact) mass is 406 g/mol. The van der Waals surface area contributed by atoms with Gasteiger partial charge >= 0.3 is 0 Å². The number of aromatic hydroxyl groups is 2. The molecule has 29 heavy (non-hydrogen) atoms. The number of ether oxygens (including phenoxy) is 3. The van der Waals surface area contributed by atoms with Crippen LogP contribution in [0.1, 0.15) is 17.2 Å². The van der Waals surface area contributed by atoms with Crippen molar-refractivity contribution in [2.45, 2.75) is 43.2 Å². The van der Waals surface area contributed by atoms with Gasteiger partial charge in [-0.2, -0.15) is 0 Å². The summed E-state index contributed by atoms with van der Waals surface area (Å²) < 4.78 is 16.9. The lowest BCUT2D eigenvalue weighted by atomic mass is 9.99. The Bertz CT molecular complexity index is 864. The Hall–Kier alpha value is -2.56. The molecule has 2 aromatic rings. The van der Waals surface area contributed by atoms with Crippen LogP contribution in [0.4, 0.5) is 0 Å². The fraction of sp³-hybridized carbons (Fsp3) is 0.400. The van der Waals surface area contributed by atoms with Crippen LogP contribution in [-0.4, -0.2) is 68.0 Å². The van der Waals surface area contributed by atoms with Gasteiger partial charge in [0.2, 0.25) is 6.29 Å². The van der Waals surface area contributed by atoms with Gasteiger partial charge in [-0.05, 0) is 29.3 Å². The van der Waals surface area contributed by atoms with Crippen molar-refractivity contribution in [3.05, 3.63) is 47.5 Å². The normalized spacial score (nSPS) is 31.2. The lowest BCUT2D eigenvalue weighted by molar-refractivity contribution is -0.277. The van der Waals surface area contributed by atoms with Crippen LogP contribution >= 0.6 is 0 Å². The number of phenolic OH excluding ortho intramolecular Hbond substituents is 2. The van der Waals surface area contributed by atoms with E-state index in [1.807, 2.05) is 0 Å². The van der Waals surface area contributed by atoms with E-state index in [0.717, 1.165) is 5.56 Å². The van der Waals surface area contributed by atoms with Crippen LogP contribution in [0.3, 0.4) is 0 Å². The van der Waals surface area contributed by atoms with Crippen molar-refractivity contribution in [3.63, 3.8) is 0 Å². The van der Waals surface area contributed by atoms with Gasteiger partial charge in [0.1, 0.15) is 53.5 Å². The van der Waals surface area contributed by atoms with Gasteiger partial charge < -0.3 is 44.8 Å². The van der Waals surface area contributed by atoms with E-state index in [2.05, 4.69) is 0 Å². The van der Waals surface area contributed by atoms with Crippen LogP contribution in [-0.2, 0) is 11.2 Å². The molecule has 0 aliphatic carbocycles. The second-order valence-corrected chi connectivity index (χ2v) is 7.18. The van der Waals surface area contributed by atoms with E-state index in [4.69, 9.17) is 14.2 Å². The molecule has 156 valence electrons. The van der Waals surface area contributed by atoms with Crippen molar-refractivity contribution < 1.29 is 44.8 Å². The van der Waals surface area contributed by atoms with Crippen LogP contribution in [0.25, 0.3) is 0 Å². The molecular formula is C20H22O9. The second-order valence-electron chi connectivity index (χ2n) is 7.18. The topological polar surface area (TPSA) is 149 Å². The highest BCUT2D eigenvalue weighted by Crippen LogP contribution is 2.40. The molecule has 6 atom stereocenters. The third-order valence-electron chi connectivity index (χ3n) is 5.11. The lowest BCUT2D eigenvalue weighted by Crippen LogP contribution is -2.60. The number of phenols is 2. The molecule has 0 radical (unpaired) electrons. The zero-order valence-corrected chi connectivity index (χ0v) is 15.3. The van der Waals surface area contributed by atoms with Gasteiger partial charge in [0.05, 0.1) is 6.61 Å². The number of hydrogen-bond donors (Lipinski definition) is 6. The van der Waals surface area contributed by atoms with E-state index < -0.39 is 43.4 Å². The van der Waals surface area contributed by atoms with Crippen molar-refractivity contribution in [1.29, 1.82) is 0 Å². The Morgan fingerprint density at radius 2 is 1.66 bits per heavy atom. The summed E-state index contributed by atoms with van der Waals surface area (Å²) in [5.74, 6) is 0.699. The van der Waals surface area contributed by atoms with Crippen molar-refractivity contribution in [3.8, 4) is 23.0 Å². The molecule has 2 aliphatic heterocycles. The average Bonchev–Trinajstić information content (AvgIpc) is 3.11. The first kappa shape index (κ1) is 19.7. The molecule has 0 unspecified atom stereocenters. The number of benzene rings is 2. The molecule has 0 aromatic heterocycles. The molecule has 2 heterocycles. The summed E-state index contributed by atoms with van der Waals surface area (Å²) in [7, 11) is 0. The highest BCUT2D eigenvalue weighted by molar-refractivity contribution is 5.46. The van der Waals surface area contributed by atoms with E-state index >= 15 is 0 Å². The van der Waals surface area contributed by atoms with Gasteiger partial charge in [0, 0.05) is 18.6 Å². The molecule has 0 saturated carbocycles.